The van der Waals surface area contributed by atoms with Gasteiger partial charge in [-0.2, -0.15) is 0 Å². The van der Waals surface area contributed by atoms with Crippen LogP contribution in [-0.4, -0.2) is 30.6 Å². The number of hydrogen-bond acceptors (Lipinski definition) is 2. The molecular weight excluding hydrogens is 180 g/mol. The standard InChI is InChI=1S/C10H20N2S/c1-9-6-10(8-11-7-9)12-13-4-2-3-5-13/h9-11H,2-8H2,1H3. The lowest BCUT2D eigenvalue weighted by Gasteiger charge is -2.25. The number of rotatable bonds is 1. The summed E-state index contributed by atoms with van der Waals surface area (Å²) in [5.74, 6) is 3.59. The number of hydrogen-bond donors (Lipinski definition) is 1. The van der Waals surface area contributed by atoms with Gasteiger partial charge >= 0.3 is 0 Å². The molecule has 2 aliphatic heterocycles. The van der Waals surface area contributed by atoms with Crippen molar-refractivity contribution in [2.45, 2.75) is 32.2 Å². The number of nitrogens with one attached hydrogen (secondary N) is 1. The Morgan fingerprint density at radius 3 is 2.69 bits per heavy atom. The van der Waals surface area contributed by atoms with Gasteiger partial charge in [0.15, 0.2) is 0 Å². The van der Waals surface area contributed by atoms with E-state index in [1.54, 1.807) is 0 Å². The van der Waals surface area contributed by atoms with Crippen molar-refractivity contribution in [2.75, 3.05) is 24.6 Å². The lowest BCUT2D eigenvalue weighted by molar-refractivity contribution is 0.367. The second-order valence-corrected chi connectivity index (χ2v) is 6.29. The summed E-state index contributed by atoms with van der Waals surface area (Å²) in [6, 6.07) is 0.630. The van der Waals surface area contributed by atoms with Gasteiger partial charge < -0.3 is 5.32 Å². The minimum Gasteiger partial charge on any atom is -0.314 e. The molecule has 0 spiro atoms. The first-order chi connectivity index (χ1) is 6.34. The van der Waals surface area contributed by atoms with Crippen LogP contribution in [0.1, 0.15) is 26.2 Å². The van der Waals surface area contributed by atoms with Crippen molar-refractivity contribution in [2.24, 2.45) is 10.3 Å². The molecule has 3 heteroatoms. The highest BCUT2D eigenvalue weighted by Gasteiger charge is 2.18. The second kappa shape index (κ2) is 4.56. The Labute approximate surface area is 83.6 Å². The molecular formula is C10H20N2S. The molecule has 0 saturated carbocycles. The van der Waals surface area contributed by atoms with Gasteiger partial charge in [-0.3, -0.25) is 4.36 Å². The van der Waals surface area contributed by atoms with Crippen molar-refractivity contribution in [1.29, 1.82) is 0 Å². The highest BCUT2D eigenvalue weighted by atomic mass is 32.2. The van der Waals surface area contributed by atoms with Crippen LogP contribution >= 0.6 is 0 Å². The lowest BCUT2D eigenvalue weighted by Crippen LogP contribution is -2.37. The zero-order valence-corrected chi connectivity index (χ0v) is 9.28. The summed E-state index contributed by atoms with van der Waals surface area (Å²) >= 11 is 0. The Hall–Kier alpha value is 0.110. The molecule has 2 saturated heterocycles. The maximum Gasteiger partial charge on any atom is 0.0695 e. The molecule has 0 aromatic heterocycles. The van der Waals surface area contributed by atoms with Crippen LogP contribution in [0.5, 0.6) is 0 Å². The smallest absolute Gasteiger partial charge is 0.0695 e. The molecule has 2 nitrogen and oxygen atoms in total. The lowest BCUT2D eigenvalue weighted by atomic mass is 9.99. The molecule has 2 unspecified atom stereocenters. The zero-order chi connectivity index (χ0) is 9.10. The molecule has 0 radical (unpaired) electrons. The average molecular weight is 200 g/mol. The summed E-state index contributed by atoms with van der Waals surface area (Å²) in [7, 11) is 0.445. The summed E-state index contributed by atoms with van der Waals surface area (Å²) in [5, 5.41) is 3.47. The van der Waals surface area contributed by atoms with Crippen molar-refractivity contribution in [1.82, 2.24) is 5.32 Å². The fourth-order valence-electron chi connectivity index (χ4n) is 2.16. The summed E-state index contributed by atoms with van der Waals surface area (Å²) in [5.41, 5.74) is 0. The third-order valence-corrected chi connectivity index (χ3v) is 4.97. The minimum absolute atomic E-state index is 0.445. The Morgan fingerprint density at radius 1 is 1.23 bits per heavy atom. The van der Waals surface area contributed by atoms with E-state index in [-0.39, 0.29) is 0 Å². The van der Waals surface area contributed by atoms with E-state index in [9.17, 15) is 0 Å². The Morgan fingerprint density at radius 2 is 2.00 bits per heavy atom. The number of piperidine rings is 1. The van der Waals surface area contributed by atoms with E-state index in [4.69, 9.17) is 4.36 Å². The molecule has 0 aromatic rings. The van der Waals surface area contributed by atoms with Crippen molar-refractivity contribution in [3.63, 3.8) is 0 Å². The van der Waals surface area contributed by atoms with Gasteiger partial charge in [0.25, 0.3) is 0 Å². The minimum atomic E-state index is 0.445. The van der Waals surface area contributed by atoms with Gasteiger partial charge in [-0.05, 0) is 31.7 Å². The molecule has 0 amide bonds. The third-order valence-electron chi connectivity index (χ3n) is 2.86. The molecule has 2 aliphatic rings. The molecule has 2 atom stereocenters. The molecule has 0 aliphatic carbocycles. The van der Waals surface area contributed by atoms with Gasteiger partial charge in [0.1, 0.15) is 0 Å². The van der Waals surface area contributed by atoms with Gasteiger partial charge in [-0.25, -0.2) is 0 Å². The largest absolute Gasteiger partial charge is 0.314 e. The van der Waals surface area contributed by atoms with Crippen molar-refractivity contribution in [3.8, 4) is 0 Å². The Balaban J connectivity index is 1.88. The second-order valence-electron chi connectivity index (χ2n) is 4.34. The molecule has 76 valence electrons. The summed E-state index contributed by atoms with van der Waals surface area (Å²) in [6.45, 7) is 4.65. The predicted molar refractivity (Wildman–Crippen MR) is 59.2 cm³/mol. The highest BCUT2D eigenvalue weighted by Crippen LogP contribution is 2.16. The number of nitrogens with zero attached hydrogens (tertiary/aromatic N) is 1. The van der Waals surface area contributed by atoms with Crippen LogP contribution in [0.2, 0.25) is 0 Å². The Kier molecular flexibility index (Phi) is 3.39. The molecule has 2 heterocycles. The van der Waals surface area contributed by atoms with E-state index in [0.29, 0.717) is 16.7 Å². The van der Waals surface area contributed by atoms with Gasteiger partial charge in [0.2, 0.25) is 0 Å². The third kappa shape index (κ3) is 2.78. The quantitative estimate of drug-likeness (QED) is 0.683. The fraction of sp³-hybridized carbons (Fsp3) is 1.00. The van der Waals surface area contributed by atoms with E-state index in [2.05, 4.69) is 12.2 Å². The predicted octanol–water partition coefficient (Wildman–Crippen LogP) is 1.58. The van der Waals surface area contributed by atoms with E-state index in [0.717, 1.165) is 12.5 Å². The summed E-state index contributed by atoms with van der Waals surface area (Å²) in [4.78, 5) is 0. The molecule has 2 fully saturated rings. The zero-order valence-electron chi connectivity index (χ0n) is 8.46. The average Bonchev–Trinajstić information content (AvgIpc) is 2.57. The van der Waals surface area contributed by atoms with E-state index in [1.165, 1.54) is 37.3 Å². The van der Waals surface area contributed by atoms with Gasteiger partial charge in [-0.15, -0.1) is 10.7 Å². The molecule has 1 N–H and O–H groups in total. The van der Waals surface area contributed by atoms with Crippen LogP contribution in [0.3, 0.4) is 0 Å². The topological polar surface area (TPSA) is 24.4 Å². The van der Waals surface area contributed by atoms with Gasteiger partial charge in [0.05, 0.1) is 6.04 Å². The maximum atomic E-state index is 4.95. The highest BCUT2D eigenvalue weighted by molar-refractivity contribution is 7.87. The molecule has 0 aromatic carbocycles. The van der Waals surface area contributed by atoms with Crippen molar-refractivity contribution < 1.29 is 0 Å². The van der Waals surface area contributed by atoms with Crippen LogP contribution in [0, 0.1) is 5.92 Å². The molecule has 13 heavy (non-hydrogen) atoms. The first kappa shape index (κ1) is 9.66. The molecule has 2 rings (SSSR count). The van der Waals surface area contributed by atoms with Crippen LogP contribution < -0.4 is 5.32 Å². The van der Waals surface area contributed by atoms with Crippen LogP contribution in [0.15, 0.2) is 4.36 Å². The van der Waals surface area contributed by atoms with E-state index in [1.807, 2.05) is 0 Å². The van der Waals surface area contributed by atoms with Crippen LogP contribution in [0.25, 0.3) is 0 Å². The first-order valence-electron chi connectivity index (χ1n) is 5.44. The normalized spacial score (nSPS) is 36.4. The van der Waals surface area contributed by atoms with Crippen LogP contribution in [0.4, 0.5) is 0 Å². The Bertz CT molecular complexity index is 195. The monoisotopic (exact) mass is 200 g/mol. The fourth-order valence-corrected chi connectivity index (χ4v) is 4.24. The summed E-state index contributed by atoms with van der Waals surface area (Å²) < 4.78 is 4.95. The SMILES string of the molecule is CC1CNCC(N=S2CCCC2)C1. The van der Waals surface area contributed by atoms with Crippen LogP contribution in [-0.2, 0) is 10.7 Å². The van der Waals surface area contributed by atoms with E-state index < -0.39 is 0 Å². The molecule has 0 bridgehead atoms. The van der Waals surface area contributed by atoms with Crippen molar-refractivity contribution >= 4 is 10.7 Å². The maximum absolute atomic E-state index is 4.95. The van der Waals surface area contributed by atoms with Gasteiger partial charge in [0, 0.05) is 18.1 Å². The van der Waals surface area contributed by atoms with Crippen molar-refractivity contribution in [3.05, 3.63) is 0 Å². The van der Waals surface area contributed by atoms with Gasteiger partial charge in [-0.1, -0.05) is 6.92 Å². The first-order valence-corrected chi connectivity index (χ1v) is 6.96. The van der Waals surface area contributed by atoms with E-state index >= 15 is 0 Å². The summed E-state index contributed by atoms with van der Waals surface area (Å²) in [6.07, 6.45) is 4.15.